The number of benzene rings is 1. The normalized spacial score (nSPS) is 37.9. The number of allylic oxidation sites excluding steroid dienone is 1. The zero-order valence-corrected chi connectivity index (χ0v) is 8.51. The number of halogens is 1. The van der Waals surface area contributed by atoms with E-state index < -0.39 is 30.1 Å². The van der Waals surface area contributed by atoms with E-state index in [9.17, 15) is 4.79 Å². The maximum absolute atomic E-state index is 12.3. The second-order valence-electron chi connectivity index (χ2n) is 3.17. The molecule has 2 rings (SSSR count). The lowest BCUT2D eigenvalue weighted by atomic mass is 9.79. The number of nitrogens with two attached hydrogens (primary N) is 1. The van der Waals surface area contributed by atoms with Gasteiger partial charge in [0.05, 0.1) is 1.37 Å². The number of hydrogen-bond acceptors (Lipinski definition) is 2. The average molecular weight is 227 g/mol. The molecule has 78 valence electrons. The summed E-state index contributed by atoms with van der Waals surface area (Å²) in [7, 11) is 0. The van der Waals surface area contributed by atoms with E-state index in [0.29, 0.717) is 6.08 Å². The second kappa shape index (κ2) is 3.80. The fourth-order valence-corrected chi connectivity index (χ4v) is 1.68. The molecular formula is C12H12ClNO. The highest BCUT2D eigenvalue weighted by molar-refractivity contribution is 6.31. The zero-order chi connectivity index (χ0) is 15.3. The van der Waals surface area contributed by atoms with Crippen molar-refractivity contribution in [2.75, 3.05) is 0 Å². The Morgan fingerprint density at radius 3 is 3.00 bits per heavy atom. The molecule has 1 atom stereocenters. The highest BCUT2D eigenvalue weighted by Gasteiger charge is 2.36. The van der Waals surface area contributed by atoms with Gasteiger partial charge in [0.25, 0.3) is 0 Å². The molecule has 0 heterocycles. The first kappa shape index (κ1) is 5.83. The van der Waals surface area contributed by atoms with Gasteiger partial charge in [0.15, 0.2) is 5.78 Å². The van der Waals surface area contributed by atoms with Gasteiger partial charge in [0.1, 0.15) is 5.54 Å². The molecule has 0 amide bonds. The number of hydrogen-bond donors (Lipinski definition) is 1. The van der Waals surface area contributed by atoms with Gasteiger partial charge >= 0.3 is 0 Å². The molecule has 0 aromatic heterocycles. The van der Waals surface area contributed by atoms with Gasteiger partial charge in [-0.15, -0.1) is 0 Å². The number of rotatable bonds is 1. The lowest BCUT2D eigenvalue weighted by Gasteiger charge is -2.30. The van der Waals surface area contributed by atoms with Crippen molar-refractivity contribution in [2.24, 2.45) is 5.73 Å². The molecule has 0 aliphatic heterocycles. The molecule has 1 aromatic rings. The third-order valence-electron chi connectivity index (χ3n) is 2.20. The molecule has 0 spiro atoms. The Labute approximate surface area is 101 Å². The molecule has 0 saturated heterocycles. The van der Waals surface area contributed by atoms with Crippen molar-refractivity contribution in [1.29, 1.82) is 0 Å². The first-order valence-electron chi connectivity index (χ1n) is 6.84. The molecule has 1 aliphatic rings. The molecule has 1 aromatic carbocycles. The maximum Gasteiger partial charge on any atom is 0.179 e. The first-order valence-corrected chi connectivity index (χ1v) is 4.71. The molecule has 1 unspecified atom stereocenters. The number of ketones is 1. The van der Waals surface area contributed by atoms with Crippen molar-refractivity contribution in [2.45, 2.75) is 18.3 Å². The number of carbonyl (C=O) groups is 1. The van der Waals surface area contributed by atoms with Gasteiger partial charge in [-0.1, -0.05) is 35.9 Å². The van der Waals surface area contributed by atoms with Crippen LogP contribution in [-0.2, 0) is 10.3 Å². The minimum Gasteiger partial charge on any atom is -0.315 e. The molecular weight excluding hydrogens is 210 g/mol. The van der Waals surface area contributed by atoms with Gasteiger partial charge in [0, 0.05) is 10.5 Å². The van der Waals surface area contributed by atoms with Gasteiger partial charge in [-0.3, -0.25) is 4.79 Å². The molecule has 1 aliphatic carbocycles. The Morgan fingerprint density at radius 1 is 1.53 bits per heavy atom. The van der Waals surface area contributed by atoms with Crippen molar-refractivity contribution in [1.82, 2.24) is 0 Å². The third-order valence-corrected chi connectivity index (χ3v) is 2.53. The molecule has 0 radical (unpaired) electrons. The SMILES string of the molecule is [2H]C1=CC([2H])([2H])C([2H])([2H])C(N)(c2ccccc2Cl)C1=O. The largest absolute Gasteiger partial charge is 0.315 e. The van der Waals surface area contributed by atoms with Gasteiger partial charge in [-0.25, -0.2) is 0 Å². The predicted octanol–water partition coefficient (Wildman–Crippen LogP) is 2.41. The molecule has 0 saturated carbocycles. The molecule has 3 heteroatoms. The van der Waals surface area contributed by atoms with E-state index in [4.69, 9.17) is 24.2 Å². The molecule has 2 nitrogen and oxygen atoms in total. The Balaban J connectivity index is 2.80. The number of carbonyl (C=O) groups excluding carboxylic acids is 1. The first-order chi connectivity index (χ1) is 9.05. The highest BCUT2D eigenvalue weighted by atomic mass is 35.5. The van der Waals surface area contributed by atoms with E-state index in [1.807, 2.05) is 0 Å². The summed E-state index contributed by atoms with van der Waals surface area (Å²) >= 11 is 5.98. The summed E-state index contributed by atoms with van der Waals surface area (Å²) in [4.78, 5) is 12.3. The standard InChI is InChI=1S/C12H12ClNO/c13-10-6-2-1-5-9(10)12(14)8-4-3-7-11(12)15/h1-3,5-7H,4,8,14H2/i4D2,7D,8D2. The third kappa shape index (κ3) is 1.71. The van der Waals surface area contributed by atoms with Gasteiger partial charge in [-0.05, 0) is 30.4 Å². The Kier molecular flexibility index (Phi) is 1.47. The van der Waals surface area contributed by atoms with E-state index in [1.165, 1.54) is 18.2 Å². The predicted molar refractivity (Wildman–Crippen MR) is 60.7 cm³/mol. The van der Waals surface area contributed by atoms with E-state index in [-0.39, 0.29) is 10.6 Å². The van der Waals surface area contributed by atoms with Crippen LogP contribution in [0.25, 0.3) is 0 Å². The summed E-state index contributed by atoms with van der Waals surface area (Å²) in [6.45, 7) is 0. The van der Waals surface area contributed by atoms with Crippen LogP contribution in [0, 0.1) is 0 Å². The summed E-state index contributed by atoms with van der Waals surface area (Å²) in [6.07, 6.45) is -4.66. The van der Waals surface area contributed by atoms with Crippen molar-refractivity contribution >= 4 is 17.4 Å². The van der Waals surface area contributed by atoms with Crippen LogP contribution in [0.4, 0.5) is 0 Å². The summed E-state index contributed by atoms with van der Waals surface area (Å²) in [6, 6.07) is 5.26. The van der Waals surface area contributed by atoms with Crippen LogP contribution in [0.2, 0.25) is 5.02 Å². The van der Waals surface area contributed by atoms with Crippen LogP contribution in [-0.4, -0.2) is 5.78 Å². The quantitative estimate of drug-likeness (QED) is 0.799. The van der Waals surface area contributed by atoms with Crippen molar-refractivity contribution in [3.05, 3.63) is 47.0 Å². The minimum absolute atomic E-state index is 0.0293. The second-order valence-corrected chi connectivity index (χ2v) is 3.58. The summed E-state index contributed by atoms with van der Waals surface area (Å²) in [5.74, 6) is -0.995. The Hall–Kier alpha value is -1.12. The molecule has 0 fully saturated rings. The average Bonchev–Trinajstić information content (AvgIpc) is 2.35. The fourth-order valence-electron chi connectivity index (χ4n) is 1.39. The van der Waals surface area contributed by atoms with Crippen LogP contribution in [0.5, 0.6) is 0 Å². The maximum atomic E-state index is 12.3. The lowest BCUT2D eigenvalue weighted by molar-refractivity contribution is -0.120. The minimum atomic E-state index is -2.74. The molecule has 2 N–H and O–H groups in total. The summed E-state index contributed by atoms with van der Waals surface area (Å²) in [5, 5.41) is 0.0534. The van der Waals surface area contributed by atoms with Crippen LogP contribution in [0.1, 0.15) is 25.2 Å². The van der Waals surface area contributed by atoms with E-state index in [0.717, 1.165) is 0 Å². The van der Waals surface area contributed by atoms with Crippen LogP contribution in [0.15, 0.2) is 36.4 Å². The van der Waals surface area contributed by atoms with E-state index in [2.05, 4.69) is 0 Å². The van der Waals surface area contributed by atoms with Gasteiger partial charge in [0.2, 0.25) is 0 Å². The summed E-state index contributed by atoms with van der Waals surface area (Å²) in [5.41, 5.74) is 3.58. The van der Waals surface area contributed by atoms with Crippen molar-refractivity contribution in [3.63, 3.8) is 0 Å². The van der Waals surface area contributed by atoms with Crippen LogP contribution < -0.4 is 5.73 Å². The molecule has 0 bridgehead atoms. The van der Waals surface area contributed by atoms with Crippen molar-refractivity contribution in [3.8, 4) is 0 Å². The van der Waals surface area contributed by atoms with Crippen LogP contribution >= 0.6 is 11.6 Å². The van der Waals surface area contributed by atoms with E-state index >= 15 is 0 Å². The van der Waals surface area contributed by atoms with Crippen LogP contribution in [0.3, 0.4) is 0 Å². The highest BCUT2D eigenvalue weighted by Crippen LogP contribution is 2.33. The molecule has 15 heavy (non-hydrogen) atoms. The monoisotopic (exact) mass is 226 g/mol. The van der Waals surface area contributed by atoms with Gasteiger partial charge < -0.3 is 5.73 Å². The smallest absolute Gasteiger partial charge is 0.179 e. The fraction of sp³-hybridized carbons (Fsp3) is 0.250. The lowest BCUT2D eigenvalue weighted by Crippen LogP contribution is -2.45. The topological polar surface area (TPSA) is 43.1 Å². The zero-order valence-electron chi connectivity index (χ0n) is 12.8. The Bertz CT molecular complexity index is 616. The van der Waals surface area contributed by atoms with Crippen molar-refractivity contribution < 1.29 is 11.6 Å². The Morgan fingerprint density at radius 2 is 2.27 bits per heavy atom. The van der Waals surface area contributed by atoms with E-state index in [1.54, 1.807) is 6.07 Å². The summed E-state index contributed by atoms with van der Waals surface area (Å²) < 4.78 is 39.1. The van der Waals surface area contributed by atoms with Gasteiger partial charge in [-0.2, -0.15) is 0 Å².